The van der Waals surface area contributed by atoms with E-state index in [9.17, 15) is 0 Å². The van der Waals surface area contributed by atoms with Gasteiger partial charge in [0.15, 0.2) is 0 Å². The van der Waals surface area contributed by atoms with Crippen LogP contribution >= 0.6 is 0 Å². The number of hydrogen-bond acceptors (Lipinski definition) is 1. The van der Waals surface area contributed by atoms with Gasteiger partial charge in [0.1, 0.15) is 0 Å². The first-order chi connectivity index (χ1) is 5.43. The Morgan fingerprint density at radius 2 is 2.00 bits per heavy atom. The molecule has 56 valence electrons. The van der Waals surface area contributed by atoms with Crippen LogP contribution in [0.4, 0.5) is 0 Å². The van der Waals surface area contributed by atoms with Crippen molar-refractivity contribution in [1.82, 2.24) is 0 Å². The van der Waals surface area contributed by atoms with Gasteiger partial charge < -0.3 is 0 Å². The van der Waals surface area contributed by atoms with Gasteiger partial charge in [0.05, 0.1) is 0 Å². The fourth-order valence-corrected chi connectivity index (χ4v) is 2.36. The summed E-state index contributed by atoms with van der Waals surface area (Å²) in [4.78, 5) is 0. The molecule has 0 aromatic heterocycles. The Morgan fingerprint density at radius 1 is 1.27 bits per heavy atom. The fourth-order valence-electron chi connectivity index (χ4n) is 0.731. The molecule has 1 aromatic carbocycles. The Hall–Kier alpha value is -0.771. The maximum absolute atomic E-state index is 8.30. The van der Waals surface area contributed by atoms with E-state index in [0.717, 1.165) is 5.32 Å². The Morgan fingerprint density at radius 3 is 2.64 bits per heavy atom. The molecule has 0 unspecified atom stereocenters. The molecular weight excluding hydrogens is 201 g/mol. The molecule has 0 atom stereocenters. The van der Waals surface area contributed by atoms with E-state index in [0.29, 0.717) is 21.4 Å². The van der Waals surface area contributed by atoms with Gasteiger partial charge in [-0.25, -0.2) is 0 Å². The molecule has 11 heavy (non-hydrogen) atoms. The molecule has 0 fully saturated rings. The van der Waals surface area contributed by atoms with Crippen molar-refractivity contribution in [2.24, 2.45) is 0 Å². The summed E-state index contributed by atoms with van der Waals surface area (Å²) in [6.45, 7) is 0. The molecule has 0 heterocycles. The van der Waals surface area contributed by atoms with Gasteiger partial charge in [-0.1, -0.05) is 0 Å². The normalized spacial score (nSPS) is 9.00. The number of benzene rings is 1. The topological polar surface area (TPSA) is 23.8 Å². The van der Waals surface area contributed by atoms with E-state index in [1.165, 1.54) is 4.46 Å². The van der Waals surface area contributed by atoms with Gasteiger partial charge in [-0.2, -0.15) is 0 Å². The monoisotopic (exact) mass is 211 g/mol. The number of rotatable bonds is 3. The van der Waals surface area contributed by atoms with E-state index in [1.54, 1.807) is 0 Å². The van der Waals surface area contributed by atoms with Crippen LogP contribution in [0.25, 0.3) is 0 Å². The standard InChI is InChI=1S/C9H9NSe/c10-7-4-8-11-9-5-2-1-3-6-9/h1-3,5-6H,4,8H2. The second-order valence-electron chi connectivity index (χ2n) is 2.07. The predicted molar refractivity (Wildman–Crippen MR) is 46.9 cm³/mol. The van der Waals surface area contributed by atoms with Gasteiger partial charge in [0, 0.05) is 0 Å². The molecule has 1 nitrogen and oxygen atoms in total. The van der Waals surface area contributed by atoms with Gasteiger partial charge in [-0.15, -0.1) is 0 Å². The van der Waals surface area contributed by atoms with Crippen molar-refractivity contribution >= 4 is 19.4 Å². The second kappa shape index (κ2) is 4.96. The molecule has 0 aliphatic rings. The third-order valence-electron chi connectivity index (χ3n) is 1.23. The van der Waals surface area contributed by atoms with E-state index in [1.807, 2.05) is 18.2 Å². The van der Waals surface area contributed by atoms with Crippen molar-refractivity contribution in [3.8, 4) is 6.07 Å². The number of hydrogen-bond donors (Lipinski definition) is 0. The molecule has 0 amide bonds. The first-order valence-corrected chi connectivity index (χ1v) is 5.55. The number of nitrogens with zero attached hydrogens (tertiary/aromatic N) is 1. The molecule has 2 heteroatoms. The molecule has 1 aromatic rings. The Kier molecular flexibility index (Phi) is 3.75. The van der Waals surface area contributed by atoms with Crippen LogP contribution in [0, 0.1) is 11.3 Å². The van der Waals surface area contributed by atoms with E-state index in [4.69, 9.17) is 5.26 Å². The predicted octanol–water partition coefficient (Wildman–Crippen LogP) is 1.35. The molecule has 0 saturated heterocycles. The summed E-state index contributed by atoms with van der Waals surface area (Å²) < 4.78 is 1.38. The third-order valence-corrected chi connectivity index (χ3v) is 3.35. The van der Waals surface area contributed by atoms with Crippen molar-refractivity contribution in [2.45, 2.75) is 11.7 Å². The number of nitriles is 1. The molecule has 0 spiro atoms. The zero-order valence-corrected chi connectivity index (χ0v) is 7.87. The average Bonchev–Trinajstić information content (AvgIpc) is 2.07. The molecular formula is C9H9NSe. The van der Waals surface area contributed by atoms with Crippen molar-refractivity contribution in [3.63, 3.8) is 0 Å². The zero-order valence-electron chi connectivity index (χ0n) is 6.16. The van der Waals surface area contributed by atoms with Gasteiger partial charge in [-0.3, -0.25) is 0 Å². The van der Waals surface area contributed by atoms with E-state index >= 15 is 0 Å². The van der Waals surface area contributed by atoms with E-state index < -0.39 is 0 Å². The molecule has 0 N–H and O–H groups in total. The van der Waals surface area contributed by atoms with Crippen molar-refractivity contribution in [3.05, 3.63) is 30.3 Å². The summed E-state index contributed by atoms with van der Waals surface area (Å²) in [5.41, 5.74) is 0. The molecule has 0 aliphatic heterocycles. The van der Waals surface area contributed by atoms with Crippen molar-refractivity contribution < 1.29 is 0 Å². The van der Waals surface area contributed by atoms with Crippen LogP contribution in [0.15, 0.2) is 30.3 Å². The van der Waals surface area contributed by atoms with Crippen LogP contribution < -0.4 is 4.46 Å². The molecule has 1 rings (SSSR count). The van der Waals surface area contributed by atoms with Gasteiger partial charge in [0.2, 0.25) is 0 Å². The summed E-state index contributed by atoms with van der Waals surface area (Å²) in [6.07, 6.45) is 0.689. The first-order valence-electron chi connectivity index (χ1n) is 3.48. The van der Waals surface area contributed by atoms with Crippen LogP contribution in [0.3, 0.4) is 0 Å². The van der Waals surface area contributed by atoms with Crippen LogP contribution in [-0.2, 0) is 0 Å². The SMILES string of the molecule is N#CCC[Se]c1ccccc1. The molecule has 0 radical (unpaired) electrons. The van der Waals surface area contributed by atoms with Crippen LogP contribution in [0.1, 0.15) is 6.42 Å². The van der Waals surface area contributed by atoms with Crippen molar-refractivity contribution in [1.29, 1.82) is 5.26 Å². The Balaban J connectivity index is 2.35. The van der Waals surface area contributed by atoms with Crippen LogP contribution in [0.5, 0.6) is 0 Å². The average molecular weight is 210 g/mol. The van der Waals surface area contributed by atoms with E-state index in [-0.39, 0.29) is 0 Å². The molecule has 0 saturated carbocycles. The molecule has 0 bridgehead atoms. The van der Waals surface area contributed by atoms with Gasteiger partial charge in [0.25, 0.3) is 0 Å². The summed E-state index contributed by atoms with van der Waals surface area (Å²) in [6, 6.07) is 12.5. The maximum atomic E-state index is 8.30. The fraction of sp³-hybridized carbons (Fsp3) is 0.222. The zero-order chi connectivity index (χ0) is 7.94. The minimum absolute atomic E-state index is 0.497. The molecule has 0 aliphatic carbocycles. The summed E-state index contributed by atoms with van der Waals surface area (Å²) in [5, 5.41) is 9.34. The van der Waals surface area contributed by atoms with E-state index in [2.05, 4.69) is 18.2 Å². The first kappa shape index (κ1) is 8.33. The Labute approximate surface area is 73.2 Å². The van der Waals surface area contributed by atoms with Gasteiger partial charge in [-0.05, 0) is 0 Å². The summed E-state index contributed by atoms with van der Waals surface area (Å²) >= 11 is 0.497. The van der Waals surface area contributed by atoms with Crippen LogP contribution in [0.2, 0.25) is 5.32 Å². The summed E-state index contributed by atoms with van der Waals surface area (Å²) in [7, 11) is 0. The van der Waals surface area contributed by atoms with Crippen molar-refractivity contribution in [2.75, 3.05) is 0 Å². The minimum atomic E-state index is 0.497. The van der Waals surface area contributed by atoms with Gasteiger partial charge >= 0.3 is 72.8 Å². The quantitative estimate of drug-likeness (QED) is 0.545. The third kappa shape index (κ3) is 3.23. The summed E-state index contributed by atoms with van der Waals surface area (Å²) in [5.74, 6) is 0. The van der Waals surface area contributed by atoms with Crippen LogP contribution in [-0.4, -0.2) is 15.0 Å². The Bertz CT molecular complexity index is 237. The second-order valence-corrected chi connectivity index (χ2v) is 4.52.